The molecule has 0 saturated carbocycles. The van der Waals surface area contributed by atoms with Crippen molar-refractivity contribution in [1.29, 1.82) is 0 Å². The molecule has 0 amide bonds. The Kier molecular flexibility index (Phi) is 3.52. The Morgan fingerprint density at radius 2 is 2.15 bits per heavy atom. The molecule has 0 spiro atoms. The molecule has 2 aromatic rings. The van der Waals surface area contributed by atoms with E-state index in [4.69, 9.17) is 8.94 Å². The Bertz CT molecular complexity index is 541. The average molecular weight is 277 g/mol. The predicted molar refractivity (Wildman–Crippen MR) is 70.0 cm³/mol. The zero-order valence-corrected chi connectivity index (χ0v) is 12.0. The van der Waals surface area contributed by atoms with Crippen molar-refractivity contribution >= 4 is 0 Å². The molecule has 1 fully saturated rings. The van der Waals surface area contributed by atoms with E-state index in [1.165, 1.54) is 0 Å². The van der Waals surface area contributed by atoms with Gasteiger partial charge in [0.05, 0.1) is 12.0 Å². The second-order valence-electron chi connectivity index (χ2n) is 5.35. The minimum Gasteiger partial charge on any atom is -0.424 e. The number of nitrogens with zero attached hydrogens (tertiary/aromatic N) is 5. The van der Waals surface area contributed by atoms with Crippen LogP contribution in [0, 0.1) is 13.8 Å². The van der Waals surface area contributed by atoms with Gasteiger partial charge in [0.15, 0.2) is 5.82 Å². The van der Waals surface area contributed by atoms with Gasteiger partial charge in [0.2, 0.25) is 17.7 Å². The number of rotatable bonds is 3. The number of hydrogen-bond acceptors (Lipinski definition) is 7. The number of hydrogen-bond donors (Lipinski definition) is 0. The highest BCUT2D eigenvalue weighted by molar-refractivity contribution is 4.99. The summed E-state index contributed by atoms with van der Waals surface area (Å²) < 4.78 is 10.8. The van der Waals surface area contributed by atoms with Crippen LogP contribution in [0.1, 0.15) is 55.2 Å². The topological polar surface area (TPSA) is 81.1 Å². The Morgan fingerprint density at radius 1 is 1.30 bits per heavy atom. The lowest BCUT2D eigenvalue weighted by Gasteiger charge is -2.33. The minimum atomic E-state index is 0.114. The van der Waals surface area contributed by atoms with E-state index in [1.54, 1.807) is 0 Å². The van der Waals surface area contributed by atoms with Gasteiger partial charge in [0, 0.05) is 13.5 Å². The highest BCUT2D eigenvalue weighted by atomic mass is 16.5. The van der Waals surface area contributed by atoms with Crippen molar-refractivity contribution in [2.24, 2.45) is 0 Å². The van der Waals surface area contributed by atoms with Crippen LogP contribution in [0.15, 0.2) is 8.94 Å². The molecule has 2 unspecified atom stereocenters. The lowest BCUT2D eigenvalue weighted by Crippen LogP contribution is -2.36. The largest absolute Gasteiger partial charge is 0.424 e. The maximum absolute atomic E-state index is 5.53. The van der Waals surface area contributed by atoms with Crippen molar-refractivity contribution in [3.63, 3.8) is 0 Å². The molecule has 1 aliphatic heterocycles. The van der Waals surface area contributed by atoms with Crippen LogP contribution in [-0.4, -0.2) is 38.3 Å². The third-order valence-corrected chi connectivity index (χ3v) is 3.79. The van der Waals surface area contributed by atoms with Crippen molar-refractivity contribution in [3.05, 3.63) is 23.5 Å². The smallest absolute Gasteiger partial charge is 0.233 e. The minimum absolute atomic E-state index is 0.114. The molecule has 108 valence electrons. The quantitative estimate of drug-likeness (QED) is 0.848. The summed E-state index contributed by atoms with van der Waals surface area (Å²) in [5.74, 6) is 2.99. The summed E-state index contributed by atoms with van der Waals surface area (Å²) in [4.78, 5) is 6.68. The van der Waals surface area contributed by atoms with Crippen molar-refractivity contribution < 1.29 is 8.94 Å². The van der Waals surface area contributed by atoms with E-state index in [0.29, 0.717) is 17.6 Å². The van der Waals surface area contributed by atoms with Crippen molar-refractivity contribution in [2.45, 2.75) is 45.6 Å². The van der Waals surface area contributed by atoms with Gasteiger partial charge >= 0.3 is 0 Å². The monoisotopic (exact) mass is 277 g/mol. The summed E-state index contributed by atoms with van der Waals surface area (Å²) in [7, 11) is 0. The Morgan fingerprint density at radius 3 is 2.80 bits per heavy atom. The van der Waals surface area contributed by atoms with E-state index in [9.17, 15) is 0 Å². The first kappa shape index (κ1) is 13.2. The molecule has 3 rings (SSSR count). The fraction of sp³-hybridized carbons (Fsp3) is 0.692. The van der Waals surface area contributed by atoms with Crippen LogP contribution in [0.3, 0.4) is 0 Å². The number of likely N-dealkylation sites (tertiary alicyclic amines) is 1. The van der Waals surface area contributed by atoms with E-state index in [2.05, 4.69) is 32.2 Å². The van der Waals surface area contributed by atoms with Gasteiger partial charge in [-0.2, -0.15) is 4.98 Å². The van der Waals surface area contributed by atoms with Crippen LogP contribution in [0.2, 0.25) is 0 Å². The Labute approximate surface area is 117 Å². The van der Waals surface area contributed by atoms with E-state index >= 15 is 0 Å². The fourth-order valence-corrected chi connectivity index (χ4v) is 2.68. The molecule has 0 radical (unpaired) electrons. The third kappa shape index (κ3) is 2.58. The Balaban J connectivity index is 1.71. The maximum Gasteiger partial charge on any atom is 0.233 e. The van der Waals surface area contributed by atoms with Gasteiger partial charge in [-0.3, -0.25) is 4.90 Å². The molecule has 7 nitrogen and oxygen atoms in total. The Hall–Kier alpha value is -1.76. The molecule has 0 aliphatic carbocycles. The SMILES string of the molecule is Cc1noc(C2CCCN(C(C)c3nnc(C)o3)C2)n1. The summed E-state index contributed by atoms with van der Waals surface area (Å²) >= 11 is 0. The highest BCUT2D eigenvalue weighted by Gasteiger charge is 2.30. The molecule has 1 saturated heterocycles. The second-order valence-corrected chi connectivity index (χ2v) is 5.35. The van der Waals surface area contributed by atoms with Crippen LogP contribution >= 0.6 is 0 Å². The van der Waals surface area contributed by atoms with Crippen molar-refractivity contribution in [2.75, 3.05) is 13.1 Å². The molecule has 0 aromatic carbocycles. The zero-order chi connectivity index (χ0) is 14.1. The van der Waals surface area contributed by atoms with Crippen LogP contribution in [0.25, 0.3) is 0 Å². The fourth-order valence-electron chi connectivity index (χ4n) is 2.68. The second kappa shape index (κ2) is 5.32. The van der Waals surface area contributed by atoms with E-state index in [1.807, 2.05) is 13.8 Å². The summed E-state index contributed by atoms with van der Waals surface area (Å²) in [6, 6.07) is 0.114. The molecule has 2 aromatic heterocycles. The number of aryl methyl sites for hydroxylation is 2. The molecule has 0 bridgehead atoms. The molecule has 2 atom stereocenters. The average Bonchev–Trinajstić information content (AvgIpc) is 3.07. The first-order valence-corrected chi connectivity index (χ1v) is 6.97. The van der Waals surface area contributed by atoms with Crippen LogP contribution in [0.4, 0.5) is 0 Å². The van der Waals surface area contributed by atoms with E-state index in [0.717, 1.165) is 31.8 Å². The first-order valence-electron chi connectivity index (χ1n) is 6.97. The van der Waals surface area contributed by atoms with Gasteiger partial charge in [-0.05, 0) is 33.2 Å². The van der Waals surface area contributed by atoms with Gasteiger partial charge in [-0.1, -0.05) is 5.16 Å². The van der Waals surface area contributed by atoms with Gasteiger partial charge in [0.1, 0.15) is 0 Å². The lowest BCUT2D eigenvalue weighted by atomic mass is 9.97. The van der Waals surface area contributed by atoms with E-state index in [-0.39, 0.29) is 12.0 Å². The third-order valence-electron chi connectivity index (χ3n) is 3.79. The highest BCUT2D eigenvalue weighted by Crippen LogP contribution is 2.30. The molecular formula is C13H19N5O2. The molecule has 0 N–H and O–H groups in total. The van der Waals surface area contributed by atoms with Crippen molar-refractivity contribution in [3.8, 4) is 0 Å². The molecular weight excluding hydrogens is 258 g/mol. The van der Waals surface area contributed by atoms with Gasteiger partial charge in [0.25, 0.3) is 0 Å². The number of aromatic nitrogens is 4. The van der Waals surface area contributed by atoms with Gasteiger partial charge in [-0.25, -0.2) is 0 Å². The molecule has 20 heavy (non-hydrogen) atoms. The van der Waals surface area contributed by atoms with Crippen LogP contribution < -0.4 is 0 Å². The van der Waals surface area contributed by atoms with Crippen LogP contribution in [-0.2, 0) is 0 Å². The lowest BCUT2D eigenvalue weighted by molar-refractivity contribution is 0.127. The molecule has 7 heteroatoms. The number of piperidine rings is 1. The summed E-state index contributed by atoms with van der Waals surface area (Å²) in [5, 5.41) is 11.9. The maximum atomic E-state index is 5.53. The predicted octanol–water partition coefficient (Wildman–Crippen LogP) is 2.01. The summed E-state index contributed by atoms with van der Waals surface area (Å²) in [5.41, 5.74) is 0. The zero-order valence-electron chi connectivity index (χ0n) is 12.0. The summed E-state index contributed by atoms with van der Waals surface area (Å²) in [6.45, 7) is 7.64. The van der Waals surface area contributed by atoms with Gasteiger partial charge < -0.3 is 8.94 Å². The van der Waals surface area contributed by atoms with Crippen molar-refractivity contribution in [1.82, 2.24) is 25.2 Å². The normalized spacial score (nSPS) is 22.1. The molecule has 1 aliphatic rings. The van der Waals surface area contributed by atoms with E-state index < -0.39 is 0 Å². The summed E-state index contributed by atoms with van der Waals surface area (Å²) in [6.07, 6.45) is 2.18. The first-order chi connectivity index (χ1) is 9.63. The van der Waals surface area contributed by atoms with Crippen LogP contribution in [0.5, 0.6) is 0 Å². The molecule has 3 heterocycles. The van der Waals surface area contributed by atoms with Gasteiger partial charge in [-0.15, -0.1) is 10.2 Å². The standard InChI is InChI=1S/C13H19N5O2/c1-8(12-16-15-10(3)19-12)18-6-4-5-11(7-18)13-14-9(2)17-20-13/h8,11H,4-7H2,1-3H3.